The van der Waals surface area contributed by atoms with Gasteiger partial charge in [0, 0.05) is 29.6 Å². The normalized spacial score (nSPS) is 11.6. The van der Waals surface area contributed by atoms with Crippen LogP contribution >= 0.6 is 23.1 Å². The van der Waals surface area contributed by atoms with Crippen LogP contribution in [-0.4, -0.2) is 16.5 Å². The molecule has 0 aliphatic heterocycles. The lowest BCUT2D eigenvalue weighted by Crippen LogP contribution is -2.05. The third-order valence-corrected chi connectivity index (χ3v) is 4.64. The summed E-state index contributed by atoms with van der Waals surface area (Å²) in [5.41, 5.74) is -0.726. The van der Waals surface area contributed by atoms with Gasteiger partial charge in [0.15, 0.2) is 5.13 Å². The van der Waals surface area contributed by atoms with Gasteiger partial charge in [-0.3, -0.25) is 0 Å². The number of halogens is 3. The van der Waals surface area contributed by atoms with Gasteiger partial charge in [-0.05, 0) is 18.6 Å². The first-order chi connectivity index (χ1) is 9.99. The molecule has 1 N–H and O–H groups in total. The molecule has 0 aromatic carbocycles. The van der Waals surface area contributed by atoms with Crippen LogP contribution in [-0.2, 0) is 11.9 Å². The van der Waals surface area contributed by atoms with Crippen molar-refractivity contribution in [3.63, 3.8) is 0 Å². The topological polar surface area (TPSA) is 37.8 Å². The Hall–Kier alpha value is -1.28. The number of hydrogen-bond donors (Lipinski definition) is 1. The van der Waals surface area contributed by atoms with Gasteiger partial charge in [0.25, 0.3) is 0 Å². The number of hydrogen-bond acceptors (Lipinski definition) is 5. The number of alkyl halides is 3. The van der Waals surface area contributed by atoms with Crippen molar-refractivity contribution in [2.24, 2.45) is 0 Å². The predicted molar refractivity (Wildman–Crippen MR) is 79.7 cm³/mol. The summed E-state index contributed by atoms with van der Waals surface area (Å²) in [6.07, 6.45) is -0.671. The van der Waals surface area contributed by atoms with Crippen LogP contribution in [0.1, 0.15) is 23.8 Å². The highest BCUT2D eigenvalue weighted by molar-refractivity contribution is 7.98. The van der Waals surface area contributed by atoms with Crippen LogP contribution in [0.5, 0.6) is 0 Å². The molecule has 0 unspecified atom stereocenters. The largest absolute Gasteiger partial charge is 0.417 e. The molecule has 0 fully saturated rings. The lowest BCUT2D eigenvalue weighted by Gasteiger charge is -2.06. The van der Waals surface area contributed by atoms with Crippen LogP contribution in [0.25, 0.3) is 0 Å². The van der Waals surface area contributed by atoms with Crippen LogP contribution in [0, 0.1) is 0 Å². The first-order valence-corrected chi connectivity index (χ1v) is 8.14. The molecule has 8 heteroatoms. The molecule has 0 radical (unpaired) electrons. The Morgan fingerprint density at radius 3 is 2.67 bits per heavy atom. The minimum atomic E-state index is -4.34. The summed E-state index contributed by atoms with van der Waals surface area (Å²) in [4.78, 5) is 9.12. The van der Waals surface area contributed by atoms with Crippen LogP contribution in [0.3, 0.4) is 0 Å². The van der Waals surface area contributed by atoms with Crippen molar-refractivity contribution < 1.29 is 13.2 Å². The van der Waals surface area contributed by atoms with Gasteiger partial charge in [-0.25, -0.2) is 9.97 Å². The number of pyridine rings is 1. The molecule has 0 bridgehead atoms. The molecule has 0 atom stereocenters. The fourth-order valence-electron chi connectivity index (χ4n) is 1.47. The van der Waals surface area contributed by atoms with Crippen molar-refractivity contribution >= 4 is 28.2 Å². The van der Waals surface area contributed by atoms with Gasteiger partial charge in [-0.1, -0.05) is 6.92 Å². The van der Waals surface area contributed by atoms with E-state index in [9.17, 15) is 13.2 Å². The minimum absolute atomic E-state index is 0.569. The Morgan fingerprint density at radius 2 is 2.05 bits per heavy atom. The Bertz CT molecular complexity index is 567. The summed E-state index contributed by atoms with van der Waals surface area (Å²) in [5.74, 6) is 0.643. The molecule has 0 saturated heterocycles. The van der Waals surface area contributed by atoms with E-state index < -0.39 is 11.7 Å². The Labute approximate surface area is 129 Å². The van der Waals surface area contributed by atoms with Crippen molar-refractivity contribution in [2.45, 2.75) is 30.3 Å². The molecule has 0 aliphatic carbocycles. The number of anilines is 1. The highest BCUT2D eigenvalue weighted by atomic mass is 32.2. The Morgan fingerprint density at radius 1 is 1.24 bits per heavy atom. The molecule has 2 aromatic heterocycles. The number of aromatic nitrogens is 2. The molecule has 2 heterocycles. The van der Waals surface area contributed by atoms with Gasteiger partial charge in [-0.15, -0.1) is 23.1 Å². The molecule has 0 aliphatic rings. The standard InChI is InChI=1S/C13H14F3N3S2/c1-2-5-17-12-19-7-10(21-12)8-20-11-4-3-9(6-18-11)13(14,15)16/h3-4,6-7H,2,5,8H2,1H3,(H,17,19). The van der Waals surface area contributed by atoms with Crippen LogP contribution in [0.2, 0.25) is 0 Å². The maximum Gasteiger partial charge on any atom is 0.417 e. The van der Waals surface area contributed by atoms with Gasteiger partial charge >= 0.3 is 6.18 Å². The average Bonchev–Trinajstić information content (AvgIpc) is 2.90. The van der Waals surface area contributed by atoms with Crippen molar-refractivity contribution in [2.75, 3.05) is 11.9 Å². The molecule has 0 saturated carbocycles. The fourth-order valence-corrected chi connectivity index (χ4v) is 3.17. The maximum absolute atomic E-state index is 12.4. The van der Waals surface area contributed by atoms with Gasteiger partial charge in [0.2, 0.25) is 0 Å². The molecular formula is C13H14F3N3S2. The number of thiazole rings is 1. The van der Waals surface area contributed by atoms with E-state index in [0.717, 1.165) is 35.2 Å². The predicted octanol–water partition coefficient (Wildman–Crippen LogP) is 4.67. The van der Waals surface area contributed by atoms with Crippen molar-refractivity contribution in [3.05, 3.63) is 35.0 Å². The smallest absolute Gasteiger partial charge is 0.362 e. The molecule has 2 aromatic rings. The number of nitrogens with one attached hydrogen (secondary N) is 1. The number of nitrogens with zero attached hydrogens (tertiary/aromatic N) is 2. The van der Waals surface area contributed by atoms with Crippen LogP contribution < -0.4 is 5.32 Å². The average molecular weight is 333 g/mol. The van der Waals surface area contributed by atoms with Crippen molar-refractivity contribution in [1.29, 1.82) is 0 Å². The van der Waals surface area contributed by atoms with E-state index in [1.54, 1.807) is 17.5 Å². The zero-order chi connectivity index (χ0) is 15.3. The van der Waals surface area contributed by atoms with Gasteiger partial charge in [-0.2, -0.15) is 13.2 Å². The highest BCUT2D eigenvalue weighted by Gasteiger charge is 2.30. The molecule has 0 amide bonds. The zero-order valence-electron chi connectivity index (χ0n) is 11.3. The summed E-state index contributed by atoms with van der Waals surface area (Å²) >= 11 is 2.94. The summed E-state index contributed by atoms with van der Waals surface area (Å²) in [6, 6.07) is 2.45. The lowest BCUT2D eigenvalue weighted by atomic mass is 10.3. The first-order valence-electron chi connectivity index (χ1n) is 6.33. The van der Waals surface area contributed by atoms with E-state index in [2.05, 4.69) is 22.2 Å². The second-order valence-corrected chi connectivity index (χ2v) is 6.34. The second-order valence-electron chi connectivity index (χ2n) is 4.23. The third kappa shape index (κ3) is 4.89. The maximum atomic E-state index is 12.4. The number of thioether (sulfide) groups is 1. The molecule has 21 heavy (non-hydrogen) atoms. The monoisotopic (exact) mass is 333 g/mol. The second kappa shape index (κ2) is 7.13. The summed E-state index contributed by atoms with van der Waals surface area (Å²) in [6.45, 7) is 2.95. The Kier molecular flexibility index (Phi) is 5.46. The van der Waals surface area contributed by atoms with E-state index in [-0.39, 0.29) is 0 Å². The highest BCUT2D eigenvalue weighted by Crippen LogP contribution is 2.31. The van der Waals surface area contributed by atoms with E-state index in [1.807, 2.05) is 0 Å². The van der Waals surface area contributed by atoms with E-state index in [4.69, 9.17) is 0 Å². The number of rotatable bonds is 6. The van der Waals surface area contributed by atoms with Gasteiger partial charge < -0.3 is 5.32 Å². The zero-order valence-corrected chi connectivity index (χ0v) is 12.9. The first kappa shape index (κ1) is 16.1. The van der Waals surface area contributed by atoms with Gasteiger partial charge in [0.1, 0.15) is 0 Å². The quantitative estimate of drug-likeness (QED) is 0.780. The van der Waals surface area contributed by atoms with Crippen molar-refractivity contribution in [1.82, 2.24) is 9.97 Å². The molecule has 2 rings (SSSR count). The Balaban J connectivity index is 1.89. The van der Waals surface area contributed by atoms with Crippen LogP contribution in [0.4, 0.5) is 18.3 Å². The van der Waals surface area contributed by atoms with Gasteiger partial charge in [0.05, 0.1) is 10.6 Å². The summed E-state index contributed by atoms with van der Waals surface area (Å²) < 4.78 is 37.2. The molecular weight excluding hydrogens is 319 g/mol. The summed E-state index contributed by atoms with van der Waals surface area (Å²) in [5, 5.41) is 4.63. The SMILES string of the molecule is CCCNc1ncc(CSc2ccc(C(F)(F)F)cn2)s1. The van der Waals surface area contributed by atoms with E-state index in [1.165, 1.54) is 17.8 Å². The summed E-state index contributed by atoms with van der Waals surface area (Å²) in [7, 11) is 0. The molecule has 114 valence electrons. The van der Waals surface area contributed by atoms with E-state index >= 15 is 0 Å². The fraction of sp³-hybridized carbons (Fsp3) is 0.385. The lowest BCUT2D eigenvalue weighted by molar-refractivity contribution is -0.137. The minimum Gasteiger partial charge on any atom is -0.362 e. The molecule has 0 spiro atoms. The van der Waals surface area contributed by atoms with Crippen molar-refractivity contribution in [3.8, 4) is 0 Å². The van der Waals surface area contributed by atoms with Crippen LogP contribution in [0.15, 0.2) is 29.6 Å². The third-order valence-electron chi connectivity index (χ3n) is 2.51. The van der Waals surface area contributed by atoms with E-state index in [0.29, 0.717) is 10.8 Å². The molecule has 3 nitrogen and oxygen atoms in total.